The van der Waals surface area contributed by atoms with Crippen LogP contribution in [0.15, 0.2) is 17.8 Å². The van der Waals surface area contributed by atoms with Crippen LogP contribution in [0.1, 0.15) is 33.6 Å². The third-order valence-electron chi connectivity index (χ3n) is 2.67. The molecule has 1 aliphatic heterocycles. The maximum atomic E-state index is 12.0. The highest BCUT2D eigenvalue weighted by Gasteiger charge is 2.36. The van der Waals surface area contributed by atoms with Crippen LogP contribution in [-0.2, 0) is 4.74 Å². The van der Waals surface area contributed by atoms with Crippen LogP contribution in [-0.4, -0.2) is 35.2 Å². The number of carbonyl (C=O) groups excluding carboxylic acids is 1. The molecule has 100 valence electrons. The average molecular weight is 252 g/mol. The van der Waals surface area contributed by atoms with Gasteiger partial charge in [-0.1, -0.05) is 11.2 Å². The predicted octanol–water partition coefficient (Wildman–Crippen LogP) is 3.25. The summed E-state index contributed by atoms with van der Waals surface area (Å²) in [5.74, 6) is 0. The van der Waals surface area contributed by atoms with E-state index in [2.05, 4.69) is 16.6 Å². The Hall–Kier alpha value is -1.68. The van der Waals surface area contributed by atoms with Crippen LogP contribution in [0.4, 0.5) is 4.79 Å². The van der Waals surface area contributed by atoms with Gasteiger partial charge in [0.15, 0.2) is 0 Å². The molecule has 0 bridgehead atoms. The first-order valence-electron chi connectivity index (χ1n) is 6.02. The Balaban J connectivity index is 2.74. The first kappa shape index (κ1) is 14.4. The molecular formula is C12H20N4O2. The molecule has 18 heavy (non-hydrogen) atoms. The minimum Gasteiger partial charge on any atom is -0.444 e. The van der Waals surface area contributed by atoms with Crippen LogP contribution in [0.2, 0.25) is 0 Å². The van der Waals surface area contributed by atoms with E-state index in [1.807, 2.05) is 20.8 Å². The normalized spacial score (nSPS) is 23.4. The molecule has 6 heteroatoms. The third-order valence-corrected chi connectivity index (χ3v) is 2.67. The summed E-state index contributed by atoms with van der Waals surface area (Å²) in [4.78, 5) is 16.5. The smallest absolute Gasteiger partial charge is 0.410 e. The number of nitrogens with zero attached hydrogens (tertiary/aromatic N) is 4. The van der Waals surface area contributed by atoms with Crippen molar-refractivity contribution < 1.29 is 9.53 Å². The van der Waals surface area contributed by atoms with Crippen molar-refractivity contribution >= 4 is 6.09 Å². The van der Waals surface area contributed by atoms with E-state index in [0.29, 0.717) is 19.4 Å². The molecule has 1 rings (SSSR count). The maximum Gasteiger partial charge on any atom is 0.410 e. The second kappa shape index (κ2) is 5.78. The van der Waals surface area contributed by atoms with Crippen molar-refractivity contribution in [3.8, 4) is 0 Å². The van der Waals surface area contributed by atoms with Crippen molar-refractivity contribution in [2.45, 2.75) is 51.3 Å². The number of carbonyl (C=O) groups is 1. The van der Waals surface area contributed by atoms with Gasteiger partial charge in [0.25, 0.3) is 0 Å². The predicted molar refractivity (Wildman–Crippen MR) is 69.1 cm³/mol. The highest BCUT2D eigenvalue weighted by atomic mass is 16.6. The Morgan fingerprint density at radius 3 is 2.83 bits per heavy atom. The summed E-state index contributed by atoms with van der Waals surface area (Å²) in [5.41, 5.74) is 7.94. The molecule has 0 saturated carbocycles. The van der Waals surface area contributed by atoms with Crippen LogP contribution in [0, 0.1) is 0 Å². The van der Waals surface area contributed by atoms with Gasteiger partial charge < -0.3 is 9.64 Å². The minimum absolute atomic E-state index is 0.00727. The monoisotopic (exact) mass is 252 g/mol. The van der Waals surface area contributed by atoms with E-state index in [4.69, 9.17) is 10.3 Å². The standard InChI is InChI=1S/C12H20N4O2/c1-5-6-10-7-9(14-15-13)8-16(10)11(17)18-12(2,3)4/h5,9-10H,1,6-8H2,2-4H3/t9-,10+/m1/s1. The number of ether oxygens (including phenoxy) is 1. The molecule has 0 unspecified atom stereocenters. The molecule has 0 N–H and O–H groups in total. The van der Waals surface area contributed by atoms with E-state index in [0.717, 1.165) is 0 Å². The van der Waals surface area contributed by atoms with Gasteiger partial charge in [0.05, 0.1) is 6.04 Å². The van der Waals surface area contributed by atoms with E-state index in [-0.39, 0.29) is 18.2 Å². The molecule has 0 aromatic carbocycles. The number of rotatable bonds is 3. The number of likely N-dealkylation sites (tertiary alicyclic amines) is 1. The average Bonchev–Trinajstić information content (AvgIpc) is 2.60. The van der Waals surface area contributed by atoms with Gasteiger partial charge in [-0.2, -0.15) is 0 Å². The lowest BCUT2D eigenvalue weighted by Crippen LogP contribution is -2.40. The molecule has 6 nitrogen and oxygen atoms in total. The number of azide groups is 1. The second-order valence-corrected chi connectivity index (χ2v) is 5.41. The lowest BCUT2D eigenvalue weighted by Gasteiger charge is -2.28. The summed E-state index contributed by atoms with van der Waals surface area (Å²) in [5, 5.41) is 3.68. The van der Waals surface area contributed by atoms with Crippen molar-refractivity contribution in [3.05, 3.63) is 23.1 Å². The lowest BCUT2D eigenvalue weighted by molar-refractivity contribution is 0.0227. The van der Waals surface area contributed by atoms with Crippen molar-refractivity contribution in [2.75, 3.05) is 6.54 Å². The van der Waals surface area contributed by atoms with Crippen LogP contribution in [0.3, 0.4) is 0 Å². The Labute approximate surface area is 107 Å². The van der Waals surface area contributed by atoms with E-state index >= 15 is 0 Å². The van der Waals surface area contributed by atoms with Crippen molar-refractivity contribution in [2.24, 2.45) is 5.11 Å². The topological polar surface area (TPSA) is 78.3 Å². The molecule has 0 aliphatic carbocycles. The summed E-state index contributed by atoms with van der Waals surface area (Å²) in [7, 11) is 0. The zero-order valence-electron chi connectivity index (χ0n) is 11.2. The van der Waals surface area contributed by atoms with Crippen molar-refractivity contribution in [1.82, 2.24) is 4.90 Å². The van der Waals surface area contributed by atoms with Crippen LogP contribution < -0.4 is 0 Å². The lowest BCUT2D eigenvalue weighted by atomic mass is 10.1. The van der Waals surface area contributed by atoms with Gasteiger partial charge in [-0.15, -0.1) is 6.58 Å². The largest absolute Gasteiger partial charge is 0.444 e. The van der Waals surface area contributed by atoms with Gasteiger partial charge in [0.2, 0.25) is 0 Å². The fourth-order valence-corrected chi connectivity index (χ4v) is 2.01. The zero-order chi connectivity index (χ0) is 13.8. The Morgan fingerprint density at radius 1 is 1.67 bits per heavy atom. The fraction of sp³-hybridized carbons (Fsp3) is 0.750. The van der Waals surface area contributed by atoms with E-state index in [1.165, 1.54) is 0 Å². The molecule has 0 aromatic rings. The van der Waals surface area contributed by atoms with Gasteiger partial charge in [-0.25, -0.2) is 4.79 Å². The van der Waals surface area contributed by atoms with Gasteiger partial charge in [0.1, 0.15) is 5.60 Å². The van der Waals surface area contributed by atoms with E-state index in [1.54, 1.807) is 11.0 Å². The highest BCUT2D eigenvalue weighted by Crippen LogP contribution is 2.25. The van der Waals surface area contributed by atoms with Gasteiger partial charge >= 0.3 is 6.09 Å². The van der Waals surface area contributed by atoms with Crippen LogP contribution in [0.25, 0.3) is 10.4 Å². The van der Waals surface area contributed by atoms with E-state index in [9.17, 15) is 4.79 Å². The Morgan fingerprint density at radius 2 is 2.33 bits per heavy atom. The highest BCUT2D eigenvalue weighted by molar-refractivity contribution is 5.69. The quantitative estimate of drug-likeness (QED) is 0.334. The summed E-state index contributed by atoms with van der Waals surface area (Å²) in [6, 6.07) is -0.166. The molecule has 1 aliphatic rings. The first-order chi connectivity index (χ1) is 8.37. The molecule has 0 aromatic heterocycles. The summed E-state index contributed by atoms with van der Waals surface area (Å²) < 4.78 is 5.34. The molecule has 1 heterocycles. The molecule has 1 fully saturated rings. The zero-order valence-corrected chi connectivity index (χ0v) is 11.2. The molecule has 1 amide bonds. The molecule has 1 saturated heterocycles. The summed E-state index contributed by atoms with van der Waals surface area (Å²) >= 11 is 0. The minimum atomic E-state index is -0.521. The number of hydrogen-bond donors (Lipinski definition) is 0. The summed E-state index contributed by atoms with van der Waals surface area (Å²) in [6.45, 7) is 9.58. The molecular weight excluding hydrogens is 232 g/mol. The number of amides is 1. The molecule has 0 radical (unpaired) electrons. The SMILES string of the molecule is C=CC[C@H]1C[C@@H](N=[N+]=[N-])CN1C(=O)OC(C)(C)C. The third kappa shape index (κ3) is 3.96. The molecule has 2 atom stereocenters. The maximum absolute atomic E-state index is 12.0. The van der Waals surface area contributed by atoms with Crippen LogP contribution in [0.5, 0.6) is 0 Å². The van der Waals surface area contributed by atoms with Gasteiger partial charge in [-0.3, -0.25) is 0 Å². The van der Waals surface area contributed by atoms with E-state index < -0.39 is 5.60 Å². The number of hydrogen-bond acceptors (Lipinski definition) is 3. The Kier molecular flexibility index (Phi) is 4.62. The van der Waals surface area contributed by atoms with Crippen molar-refractivity contribution in [1.29, 1.82) is 0 Å². The fourth-order valence-electron chi connectivity index (χ4n) is 2.01. The molecule has 0 spiro atoms. The van der Waals surface area contributed by atoms with Crippen LogP contribution >= 0.6 is 0 Å². The Bertz CT molecular complexity index is 369. The first-order valence-corrected chi connectivity index (χ1v) is 6.02. The second-order valence-electron chi connectivity index (χ2n) is 5.41. The van der Waals surface area contributed by atoms with Crippen molar-refractivity contribution in [3.63, 3.8) is 0 Å². The van der Waals surface area contributed by atoms with Gasteiger partial charge in [0, 0.05) is 17.5 Å². The summed E-state index contributed by atoms with van der Waals surface area (Å²) in [6.07, 6.45) is 2.75. The van der Waals surface area contributed by atoms with Gasteiger partial charge in [-0.05, 0) is 39.1 Å².